The molecule has 21 heavy (non-hydrogen) atoms. The molecule has 7 nitrogen and oxygen atoms in total. The van der Waals surface area contributed by atoms with Crippen LogP contribution >= 0.6 is 0 Å². The molecule has 110 valence electrons. The molecule has 0 bridgehead atoms. The van der Waals surface area contributed by atoms with Crippen molar-refractivity contribution >= 4 is 12.1 Å². The molecule has 0 fully saturated rings. The van der Waals surface area contributed by atoms with E-state index >= 15 is 0 Å². The summed E-state index contributed by atoms with van der Waals surface area (Å²) < 4.78 is 9.87. The Kier molecular flexibility index (Phi) is 4.55. The third-order valence-electron chi connectivity index (χ3n) is 2.75. The summed E-state index contributed by atoms with van der Waals surface area (Å²) in [5.74, 6) is -1.07. The van der Waals surface area contributed by atoms with Crippen LogP contribution in [0.5, 0.6) is 0 Å². The van der Waals surface area contributed by atoms with E-state index in [1.165, 1.54) is 6.92 Å². The van der Waals surface area contributed by atoms with Gasteiger partial charge in [-0.1, -0.05) is 35.5 Å². The highest BCUT2D eigenvalue weighted by atomic mass is 16.5. The molecule has 0 saturated carbocycles. The topological polar surface area (TPSA) is 102 Å². The Labute approximate surface area is 120 Å². The van der Waals surface area contributed by atoms with Crippen LogP contribution in [0.2, 0.25) is 0 Å². The minimum absolute atomic E-state index is 0.0432. The maximum Gasteiger partial charge on any atom is 0.407 e. The number of hydrogen-bond donors (Lipinski definition) is 2. The van der Waals surface area contributed by atoms with Crippen molar-refractivity contribution in [1.29, 1.82) is 0 Å². The van der Waals surface area contributed by atoms with Crippen LogP contribution in [0, 0.1) is 6.92 Å². The number of rotatable bonds is 5. The van der Waals surface area contributed by atoms with Crippen LogP contribution in [0.25, 0.3) is 0 Å². The van der Waals surface area contributed by atoms with E-state index in [0.29, 0.717) is 0 Å². The number of aromatic nitrogens is 1. The van der Waals surface area contributed by atoms with Crippen molar-refractivity contribution in [2.75, 3.05) is 0 Å². The lowest BCUT2D eigenvalue weighted by atomic mass is 10.2. The molecule has 1 aromatic heterocycles. The summed E-state index contributed by atoms with van der Waals surface area (Å²) >= 11 is 0. The Morgan fingerprint density at radius 1 is 1.33 bits per heavy atom. The normalized spacial score (nSPS) is 10.1. The molecule has 1 aromatic carbocycles. The molecule has 7 heteroatoms. The van der Waals surface area contributed by atoms with Gasteiger partial charge in [-0.25, -0.2) is 9.59 Å². The molecular weight excluding hydrogens is 276 g/mol. The molecule has 0 aliphatic rings. The third-order valence-corrected chi connectivity index (χ3v) is 2.75. The van der Waals surface area contributed by atoms with Crippen LogP contribution in [0.1, 0.15) is 27.4 Å². The molecule has 0 saturated heterocycles. The number of carbonyl (C=O) groups excluding carboxylic acids is 1. The van der Waals surface area contributed by atoms with Crippen molar-refractivity contribution < 1.29 is 24.0 Å². The molecule has 0 radical (unpaired) electrons. The molecule has 0 aliphatic heterocycles. The first kappa shape index (κ1) is 14.6. The molecule has 2 aromatic rings. The number of carboxylic acids is 1. The molecule has 1 heterocycles. The lowest BCUT2D eigenvalue weighted by Crippen LogP contribution is -2.24. The van der Waals surface area contributed by atoms with E-state index in [2.05, 4.69) is 10.5 Å². The van der Waals surface area contributed by atoms with Crippen LogP contribution in [-0.4, -0.2) is 22.3 Å². The van der Waals surface area contributed by atoms with E-state index in [1.807, 2.05) is 30.3 Å². The molecule has 0 aliphatic carbocycles. The fraction of sp³-hybridized carbons (Fsp3) is 0.214. The van der Waals surface area contributed by atoms with Gasteiger partial charge in [-0.05, 0) is 12.5 Å². The molecule has 0 atom stereocenters. The lowest BCUT2D eigenvalue weighted by Gasteiger charge is -2.06. The first-order valence-electron chi connectivity index (χ1n) is 6.21. The van der Waals surface area contributed by atoms with E-state index in [4.69, 9.17) is 14.4 Å². The Morgan fingerprint density at radius 2 is 2.05 bits per heavy atom. The standard InChI is InChI=1S/C14H14N2O5/c1-9-12(13(17)18)11(21-16-9)7-15-14(19)20-8-10-5-3-2-4-6-10/h2-6H,7-8H2,1H3,(H,15,19)(H,17,18). The predicted molar refractivity (Wildman–Crippen MR) is 71.7 cm³/mol. The number of ether oxygens (including phenoxy) is 1. The molecule has 0 unspecified atom stereocenters. The number of nitrogens with zero attached hydrogens (tertiary/aromatic N) is 1. The van der Waals surface area contributed by atoms with Crippen LogP contribution in [0.4, 0.5) is 4.79 Å². The summed E-state index contributed by atoms with van der Waals surface area (Å²) in [7, 11) is 0. The lowest BCUT2D eigenvalue weighted by molar-refractivity contribution is 0.0693. The van der Waals surface area contributed by atoms with Crippen molar-refractivity contribution in [1.82, 2.24) is 10.5 Å². The van der Waals surface area contributed by atoms with Crippen molar-refractivity contribution in [2.24, 2.45) is 0 Å². The zero-order valence-electron chi connectivity index (χ0n) is 11.3. The van der Waals surface area contributed by atoms with Crippen molar-refractivity contribution in [3.8, 4) is 0 Å². The number of aromatic carboxylic acids is 1. The fourth-order valence-electron chi connectivity index (χ4n) is 1.74. The quantitative estimate of drug-likeness (QED) is 0.874. The smallest absolute Gasteiger partial charge is 0.407 e. The number of benzene rings is 1. The highest BCUT2D eigenvalue weighted by Gasteiger charge is 2.20. The summed E-state index contributed by atoms with van der Waals surface area (Å²) in [5, 5.41) is 15.0. The van der Waals surface area contributed by atoms with E-state index in [0.717, 1.165) is 5.56 Å². The minimum atomic E-state index is -1.15. The maximum absolute atomic E-state index is 11.5. The van der Waals surface area contributed by atoms with Crippen LogP contribution in [0.3, 0.4) is 0 Å². The summed E-state index contributed by atoms with van der Waals surface area (Å²) in [6.07, 6.45) is -0.663. The zero-order valence-corrected chi connectivity index (χ0v) is 11.3. The second kappa shape index (κ2) is 6.56. The number of nitrogens with one attached hydrogen (secondary N) is 1. The number of amides is 1. The van der Waals surface area contributed by atoms with Gasteiger partial charge in [0.05, 0.1) is 12.2 Å². The van der Waals surface area contributed by atoms with Gasteiger partial charge in [0, 0.05) is 0 Å². The Balaban J connectivity index is 1.86. The highest BCUT2D eigenvalue weighted by molar-refractivity contribution is 5.89. The Hall–Kier alpha value is -2.83. The average Bonchev–Trinajstić information content (AvgIpc) is 2.85. The fourth-order valence-corrected chi connectivity index (χ4v) is 1.74. The molecule has 2 N–H and O–H groups in total. The third kappa shape index (κ3) is 3.82. The molecule has 2 rings (SSSR count). The molecular formula is C14H14N2O5. The van der Waals surface area contributed by atoms with Crippen LogP contribution in [-0.2, 0) is 17.9 Å². The summed E-state index contributed by atoms with van der Waals surface area (Å²) in [4.78, 5) is 22.5. The van der Waals surface area contributed by atoms with Gasteiger partial charge in [-0.3, -0.25) is 0 Å². The van der Waals surface area contributed by atoms with Gasteiger partial charge in [-0.2, -0.15) is 0 Å². The number of aryl methyl sites for hydroxylation is 1. The van der Waals surface area contributed by atoms with Gasteiger partial charge in [0.15, 0.2) is 5.76 Å². The van der Waals surface area contributed by atoms with E-state index < -0.39 is 12.1 Å². The van der Waals surface area contributed by atoms with Gasteiger partial charge in [-0.15, -0.1) is 0 Å². The van der Waals surface area contributed by atoms with Gasteiger partial charge in [0.2, 0.25) is 0 Å². The molecule has 0 spiro atoms. The van der Waals surface area contributed by atoms with Gasteiger partial charge < -0.3 is 19.7 Å². The Morgan fingerprint density at radius 3 is 2.71 bits per heavy atom. The number of carboxylic acid groups (broad SMARTS) is 1. The van der Waals surface area contributed by atoms with Crippen molar-refractivity contribution in [3.05, 3.63) is 52.9 Å². The highest BCUT2D eigenvalue weighted by Crippen LogP contribution is 2.13. The maximum atomic E-state index is 11.5. The Bertz CT molecular complexity index is 636. The number of alkyl carbamates (subject to hydrolysis) is 1. The first-order chi connectivity index (χ1) is 10.1. The zero-order chi connectivity index (χ0) is 15.2. The molecule has 1 amide bonds. The summed E-state index contributed by atoms with van der Waals surface area (Å²) in [5.41, 5.74) is 1.07. The summed E-state index contributed by atoms with van der Waals surface area (Å²) in [6.45, 7) is 1.55. The van der Waals surface area contributed by atoms with Gasteiger partial charge in [0.1, 0.15) is 12.2 Å². The van der Waals surface area contributed by atoms with E-state index in [9.17, 15) is 9.59 Å². The monoisotopic (exact) mass is 290 g/mol. The summed E-state index contributed by atoms with van der Waals surface area (Å²) in [6, 6.07) is 9.20. The average molecular weight is 290 g/mol. The van der Waals surface area contributed by atoms with Crippen molar-refractivity contribution in [3.63, 3.8) is 0 Å². The SMILES string of the molecule is Cc1noc(CNC(=O)OCc2ccccc2)c1C(=O)O. The second-order valence-electron chi connectivity index (χ2n) is 4.29. The first-order valence-corrected chi connectivity index (χ1v) is 6.21. The number of hydrogen-bond acceptors (Lipinski definition) is 5. The van der Waals surface area contributed by atoms with Gasteiger partial charge >= 0.3 is 12.1 Å². The second-order valence-corrected chi connectivity index (χ2v) is 4.29. The van der Waals surface area contributed by atoms with E-state index in [1.54, 1.807) is 0 Å². The van der Waals surface area contributed by atoms with Crippen LogP contribution in [0.15, 0.2) is 34.9 Å². The van der Waals surface area contributed by atoms with Crippen LogP contribution < -0.4 is 5.32 Å². The predicted octanol–water partition coefficient (Wildman–Crippen LogP) is 2.11. The largest absolute Gasteiger partial charge is 0.477 e. The van der Waals surface area contributed by atoms with E-state index in [-0.39, 0.29) is 30.2 Å². The minimum Gasteiger partial charge on any atom is -0.477 e. The van der Waals surface area contributed by atoms with Crippen molar-refractivity contribution in [2.45, 2.75) is 20.1 Å². The number of carbonyl (C=O) groups is 2. The van der Waals surface area contributed by atoms with Gasteiger partial charge in [0.25, 0.3) is 0 Å².